The Balaban J connectivity index is 2.36. The van der Waals surface area contributed by atoms with Gasteiger partial charge in [-0.3, -0.25) is 9.59 Å². The first-order chi connectivity index (χ1) is 9.54. The molecule has 1 fully saturated rings. The van der Waals surface area contributed by atoms with Crippen molar-refractivity contribution in [1.29, 1.82) is 0 Å². The highest BCUT2D eigenvalue weighted by Crippen LogP contribution is 2.24. The predicted molar refractivity (Wildman–Crippen MR) is 70.2 cm³/mol. The Hall–Kier alpha value is -1.98. The van der Waals surface area contributed by atoms with Crippen molar-refractivity contribution >= 4 is 17.5 Å². The van der Waals surface area contributed by atoms with E-state index in [0.29, 0.717) is 12.8 Å². The summed E-state index contributed by atoms with van der Waals surface area (Å²) in [6.07, 6.45) is 1.25. The van der Waals surface area contributed by atoms with Crippen LogP contribution in [0.25, 0.3) is 0 Å². The Bertz CT molecular complexity index is 534. The molecule has 0 spiro atoms. The quantitative estimate of drug-likeness (QED) is 0.921. The zero-order valence-corrected chi connectivity index (χ0v) is 11.2. The van der Waals surface area contributed by atoms with E-state index in [2.05, 4.69) is 5.32 Å². The molecule has 1 heterocycles. The van der Waals surface area contributed by atoms with Crippen LogP contribution in [0, 0.1) is 11.6 Å². The summed E-state index contributed by atoms with van der Waals surface area (Å²) < 4.78 is 27.1. The molecule has 0 aliphatic carbocycles. The molecule has 1 aliphatic rings. The largest absolute Gasteiger partial charge is 0.344 e. The van der Waals surface area contributed by atoms with E-state index in [-0.39, 0.29) is 24.6 Å². The van der Waals surface area contributed by atoms with E-state index in [1.807, 2.05) is 6.92 Å². The van der Waals surface area contributed by atoms with Crippen LogP contribution in [-0.2, 0) is 9.59 Å². The van der Waals surface area contributed by atoms with Gasteiger partial charge in [0.25, 0.3) is 0 Å². The van der Waals surface area contributed by atoms with Gasteiger partial charge < -0.3 is 10.2 Å². The second-order valence-electron chi connectivity index (χ2n) is 4.72. The second kappa shape index (κ2) is 5.98. The number of hydrogen-bond acceptors (Lipinski definition) is 2. The molecule has 2 rings (SSSR count). The smallest absolute Gasteiger partial charge is 0.249 e. The summed E-state index contributed by atoms with van der Waals surface area (Å²) in [5.74, 6) is -2.73. The molecule has 6 heteroatoms. The van der Waals surface area contributed by atoms with Gasteiger partial charge in [-0.25, -0.2) is 8.78 Å². The van der Waals surface area contributed by atoms with Crippen molar-refractivity contribution in [3.63, 3.8) is 0 Å². The lowest BCUT2D eigenvalue weighted by Crippen LogP contribution is -2.45. The molecular weight excluding hydrogens is 266 g/mol. The number of amides is 2. The number of carbonyl (C=O) groups excluding carboxylic acids is 2. The summed E-state index contributed by atoms with van der Waals surface area (Å²) in [4.78, 5) is 25.1. The standard InChI is InChI=1S/C14H16F2N2O2/c1-2-4-10-14(20)18(8-7-12(19)17-10)11-6-3-5-9(15)13(11)16/h3,5-6,10H,2,4,7-8H2,1H3,(H,17,19). The van der Waals surface area contributed by atoms with E-state index in [4.69, 9.17) is 0 Å². The molecular formula is C14H16F2N2O2. The number of anilines is 1. The molecule has 0 aromatic heterocycles. The van der Waals surface area contributed by atoms with Crippen LogP contribution in [-0.4, -0.2) is 24.4 Å². The van der Waals surface area contributed by atoms with Gasteiger partial charge in [-0.1, -0.05) is 19.4 Å². The van der Waals surface area contributed by atoms with E-state index < -0.39 is 23.6 Å². The Morgan fingerprint density at radius 3 is 2.80 bits per heavy atom. The average Bonchev–Trinajstić information content (AvgIpc) is 2.55. The summed E-state index contributed by atoms with van der Waals surface area (Å²) in [7, 11) is 0. The molecule has 1 aromatic rings. The van der Waals surface area contributed by atoms with Crippen LogP contribution in [0.1, 0.15) is 26.2 Å². The minimum atomic E-state index is -1.06. The van der Waals surface area contributed by atoms with Crippen LogP contribution >= 0.6 is 0 Å². The highest BCUT2D eigenvalue weighted by molar-refractivity contribution is 6.01. The molecule has 4 nitrogen and oxygen atoms in total. The van der Waals surface area contributed by atoms with E-state index in [0.717, 1.165) is 11.0 Å². The van der Waals surface area contributed by atoms with E-state index in [1.54, 1.807) is 0 Å². The molecule has 1 aliphatic heterocycles. The third-order valence-electron chi connectivity index (χ3n) is 3.26. The molecule has 1 atom stereocenters. The van der Waals surface area contributed by atoms with Gasteiger partial charge >= 0.3 is 0 Å². The monoisotopic (exact) mass is 282 g/mol. The van der Waals surface area contributed by atoms with Gasteiger partial charge in [0.15, 0.2) is 11.6 Å². The van der Waals surface area contributed by atoms with Crippen LogP contribution in [0.4, 0.5) is 14.5 Å². The summed E-state index contributed by atoms with van der Waals surface area (Å²) >= 11 is 0. The lowest BCUT2D eigenvalue weighted by molar-refractivity contribution is -0.125. The fraction of sp³-hybridized carbons (Fsp3) is 0.429. The number of halogens is 2. The molecule has 0 radical (unpaired) electrons. The Morgan fingerprint density at radius 2 is 2.10 bits per heavy atom. The van der Waals surface area contributed by atoms with Crippen LogP contribution in [0.15, 0.2) is 18.2 Å². The minimum absolute atomic E-state index is 0.0469. The fourth-order valence-corrected chi connectivity index (χ4v) is 2.26. The van der Waals surface area contributed by atoms with Crippen LogP contribution < -0.4 is 10.2 Å². The van der Waals surface area contributed by atoms with Crippen LogP contribution in [0.3, 0.4) is 0 Å². The highest BCUT2D eigenvalue weighted by atomic mass is 19.2. The number of carbonyl (C=O) groups is 2. The van der Waals surface area contributed by atoms with Crippen molar-refractivity contribution < 1.29 is 18.4 Å². The maximum atomic E-state index is 13.8. The maximum absolute atomic E-state index is 13.8. The van der Waals surface area contributed by atoms with Gasteiger partial charge in [0.2, 0.25) is 11.8 Å². The average molecular weight is 282 g/mol. The Labute approximate surface area is 115 Å². The topological polar surface area (TPSA) is 49.4 Å². The van der Waals surface area contributed by atoms with Crippen molar-refractivity contribution in [2.45, 2.75) is 32.2 Å². The van der Waals surface area contributed by atoms with Crippen LogP contribution in [0.2, 0.25) is 0 Å². The van der Waals surface area contributed by atoms with Crippen molar-refractivity contribution in [2.24, 2.45) is 0 Å². The van der Waals surface area contributed by atoms with Gasteiger partial charge in [-0.05, 0) is 18.6 Å². The number of hydrogen-bond donors (Lipinski definition) is 1. The summed E-state index contributed by atoms with van der Waals surface area (Å²) in [6.45, 7) is 1.93. The molecule has 1 N–H and O–H groups in total. The zero-order chi connectivity index (χ0) is 14.7. The zero-order valence-electron chi connectivity index (χ0n) is 11.2. The number of rotatable bonds is 3. The first-order valence-corrected chi connectivity index (χ1v) is 6.59. The van der Waals surface area contributed by atoms with Crippen molar-refractivity contribution in [3.05, 3.63) is 29.8 Å². The van der Waals surface area contributed by atoms with Gasteiger partial charge in [0, 0.05) is 13.0 Å². The normalized spacial score (nSPS) is 19.8. The minimum Gasteiger partial charge on any atom is -0.344 e. The fourth-order valence-electron chi connectivity index (χ4n) is 2.26. The summed E-state index contributed by atoms with van der Waals surface area (Å²) in [6, 6.07) is 3.00. The van der Waals surface area contributed by atoms with Crippen molar-refractivity contribution in [1.82, 2.24) is 5.32 Å². The number of nitrogens with one attached hydrogen (secondary N) is 1. The maximum Gasteiger partial charge on any atom is 0.249 e. The van der Waals surface area contributed by atoms with E-state index in [9.17, 15) is 18.4 Å². The van der Waals surface area contributed by atoms with Gasteiger partial charge in [0.05, 0.1) is 5.69 Å². The molecule has 0 saturated carbocycles. The lowest BCUT2D eigenvalue weighted by atomic mass is 10.1. The second-order valence-corrected chi connectivity index (χ2v) is 4.72. The van der Waals surface area contributed by atoms with Crippen molar-refractivity contribution in [3.8, 4) is 0 Å². The predicted octanol–water partition coefficient (Wildman–Crippen LogP) is 1.99. The van der Waals surface area contributed by atoms with Crippen molar-refractivity contribution in [2.75, 3.05) is 11.4 Å². The summed E-state index contributed by atoms with van der Waals surface area (Å²) in [5.41, 5.74) is -0.118. The number of benzene rings is 1. The molecule has 1 saturated heterocycles. The first kappa shape index (κ1) is 14.4. The molecule has 20 heavy (non-hydrogen) atoms. The summed E-state index contributed by atoms with van der Waals surface area (Å²) in [5, 5.41) is 2.62. The highest BCUT2D eigenvalue weighted by Gasteiger charge is 2.31. The Morgan fingerprint density at radius 1 is 1.35 bits per heavy atom. The van der Waals surface area contributed by atoms with Gasteiger partial charge in [-0.2, -0.15) is 0 Å². The molecule has 108 valence electrons. The van der Waals surface area contributed by atoms with E-state index in [1.165, 1.54) is 12.1 Å². The van der Waals surface area contributed by atoms with Gasteiger partial charge in [-0.15, -0.1) is 0 Å². The molecule has 2 amide bonds. The third kappa shape index (κ3) is 2.79. The molecule has 1 aromatic carbocycles. The van der Waals surface area contributed by atoms with Crippen LogP contribution in [0.5, 0.6) is 0 Å². The first-order valence-electron chi connectivity index (χ1n) is 6.59. The third-order valence-corrected chi connectivity index (χ3v) is 3.26. The molecule has 1 unspecified atom stereocenters. The number of nitrogens with zero attached hydrogens (tertiary/aromatic N) is 1. The SMILES string of the molecule is CCCC1NC(=O)CCN(c2cccc(F)c2F)C1=O. The van der Waals surface area contributed by atoms with E-state index >= 15 is 0 Å². The van der Waals surface area contributed by atoms with Gasteiger partial charge in [0.1, 0.15) is 6.04 Å². The molecule has 0 bridgehead atoms. The lowest BCUT2D eigenvalue weighted by Gasteiger charge is -2.24. The Kier molecular flexibility index (Phi) is 4.32.